The van der Waals surface area contributed by atoms with Crippen molar-refractivity contribution in [3.05, 3.63) is 41.7 Å². The lowest BCUT2D eigenvalue weighted by Crippen LogP contribution is -2.39. The van der Waals surface area contributed by atoms with Crippen molar-refractivity contribution in [1.82, 2.24) is 20.4 Å². The van der Waals surface area contributed by atoms with Crippen LogP contribution < -0.4 is 16.0 Å². The molecule has 8 heteroatoms. The van der Waals surface area contributed by atoms with Gasteiger partial charge >= 0.3 is 6.03 Å². The first-order chi connectivity index (χ1) is 11.1. The van der Waals surface area contributed by atoms with E-state index in [-0.39, 0.29) is 12.5 Å². The van der Waals surface area contributed by atoms with Crippen molar-refractivity contribution in [1.29, 1.82) is 0 Å². The SMILES string of the molecule is CCCNC(=O)CNC(=O)Nc1cnn(-c2ccccc2Cl)c1. The summed E-state index contributed by atoms with van der Waals surface area (Å²) in [6.07, 6.45) is 3.98. The fraction of sp³-hybridized carbons (Fsp3) is 0.267. The Kier molecular flexibility index (Phi) is 5.99. The van der Waals surface area contributed by atoms with Crippen LogP contribution in [0.3, 0.4) is 0 Å². The summed E-state index contributed by atoms with van der Waals surface area (Å²) >= 11 is 6.09. The maximum Gasteiger partial charge on any atom is 0.319 e. The summed E-state index contributed by atoms with van der Waals surface area (Å²) in [5.74, 6) is -0.228. The lowest BCUT2D eigenvalue weighted by atomic mass is 10.3. The molecular weight excluding hydrogens is 318 g/mol. The van der Waals surface area contributed by atoms with Crippen LogP contribution in [0, 0.1) is 0 Å². The lowest BCUT2D eigenvalue weighted by Gasteiger charge is -2.06. The molecule has 3 amide bonds. The average molecular weight is 336 g/mol. The number of carbonyl (C=O) groups is 2. The predicted molar refractivity (Wildman–Crippen MR) is 88.9 cm³/mol. The van der Waals surface area contributed by atoms with Gasteiger partial charge in [0.25, 0.3) is 0 Å². The molecular formula is C15H18ClN5O2. The number of amides is 3. The van der Waals surface area contributed by atoms with E-state index >= 15 is 0 Å². The minimum Gasteiger partial charge on any atom is -0.355 e. The highest BCUT2D eigenvalue weighted by molar-refractivity contribution is 6.32. The molecule has 3 N–H and O–H groups in total. The van der Waals surface area contributed by atoms with Crippen LogP contribution in [0.15, 0.2) is 36.7 Å². The van der Waals surface area contributed by atoms with Crippen LogP contribution in [0.5, 0.6) is 0 Å². The molecule has 23 heavy (non-hydrogen) atoms. The van der Waals surface area contributed by atoms with E-state index in [0.717, 1.165) is 6.42 Å². The minimum absolute atomic E-state index is 0.0789. The van der Waals surface area contributed by atoms with Gasteiger partial charge in [0.15, 0.2) is 0 Å². The maximum atomic E-state index is 11.7. The second kappa shape index (κ2) is 8.19. The lowest BCUT2D eigenvalue weighted by molar-refractivity contribution is -0.120. The monoisotopic (exact) mass is 335 g/mol. The molecule has 0 radical (unpaired) electrons. The number of anilines is 1. The van der Waals surface area contributed by atoms with Gasteiger partial charge in [-0.15, -0.1) is 0 Å². The number of rotatable bonds is 6. The number of nitrogens with zero attached hydrogens (tertiary/aromatic N) is 2. The smallest absolute Gasteiger partial charge is 0.319 e. The molecule has 2 rings (SSSR count). The fourth-order valence-corrected chi connectivity index (χ4v) is 2.04. The summed E-state index contributed by atoms with van der Waals surface area (Å²) in [6.45, 7) is 2.47. The van der Waals surface area contributed by atoms with Gasteiger partial charge in [0, 0.05) is 6.54 Å². The van der Waals surface area contributed by atoms with Crippen molar-refractivity contribution in [3.8, 4) is 5.69 Å². The van der Waals surface area contributed by atoms with Crippen molar-refractivity contribution in [2.75, 3.05) is 18.4 Å². The molecule has 0 aliphatic heterocycles. The Morgan fingerprint density at radius 1 is 1.26 bits per heavy atom. The van der Waals surface area contributed by atoms with Crippen LogP contribution in [0.25, 0.3) is 5.69 Å². The second-order valence-electron chi connectivity index (χ2n) is 4.78. The van der Waals surface area contributed by atoms with Gasteiger partial charge in [-0.05, 0) is 18.6 Å². The standard InChI is InChI=1S/C15H18ClN5O2/c1-2-7-17-14(22)9-18-15(23)20-11-8-19-21(10-11)13-6-4-3-5-12(13)16/h3-6,8,10H,2,7,9H2,1H3,(H,17,22)(H2,18,20,23). The predicted octanol–water partition coefficient (Wildman–Crippen LogP) is 2.17. The van der Waals surface area contributed by atoms with E-state index in [9.17, 15) is 9.59 Å². The van der Waals surface area contributed by atoms with E-state index in [1.54, 1.807) is 16.9 Å². The first-order valence-electron chi connectivity index (χ1n) is 7.21. The Hall–Kier alpha value is -2.54. The van der Waals surface area contributed by atoms with Crippen molar-refractivity contribution in [3.63, 3.8) is 0 Å². The normalized spacial score (nSPS) is 10.2. The third-order valence-electron chi connectivity index (χ3n) is 2.92. The number of para-hydroxylation sites is 1. The second-order valence-corrected chi connectivity index (χ2v) is 5.19. The molecule has 0 saturated heterocycles. The number of benzene rings is 1. The Morgan fingerprint density at radius 3 is 2.78 bits per heavy atom. The van der Waals surface area contributed by atoms with Crippen molar-refractivity contribution < 1.29 is 9.59 Å². The number of aromatic nitrogens is 2. The van der Waals surface area contributed by atoms with E-state index in [1.165, 1.54) is 6.20 Å². The largest absolute Gasteiger partial charge is 0.355 e. The van der Waals surface area contributed by atoms with Crippen LogP contribution in [-0.4, -0.2) is 34.8 Å². The third kappa shape index (κ3) is 5.00. The maximum absolute atomic E-state index is 11.7. The van der Waals surface area contributed by atoms with Crippen LogP contribution in [-0.2, 0) is 4.79 Å². The van der Waals surface area contributed by atoms with Crippen LogP contribution in [0.1, 0.15) is 13.3 Å². The highest BCUT2D eigenvalue weighted by atomic mass is 35.5. The minimum atomic E-state index is -0.477. The Morgan fingerprint density at radius 2 is 2.04 bits per heavy atom. The van der Waals surface area contributed by atoms with Gasteiger partial charge in [-0.2, -0.15) is 5.10 Å². The molecule has 7 nitrogen and oxygen atoms in total. The molecule has 0 spiro atoms. The Labute approximate surface area is 139 Å². The summed E-state index contributed by atoms with van der Waals surface area (Å²) in [6, 6.07) is 6.77. The number of carbonyl (C=O) groups excluding carboxylic acids is 2. The Bertz CT molecular complexity index is 686. The zero-order valence-electron chi connectivity index (χ0n) is 12.7. The van der Waals surface area contributed by atoms with E-state index in [4.69, 9.17) is 11.6 Å². The molecule has 0 bridgehead atoms. The van der Waals surface area contributed by atoms with Crippen LogP contribution in [0.4, 0.5) is 10.5 Å². The molecule has 0 atom stereocenters. The first-order valence-corrected chi connectivity index (χ1v) is 7.59. The zero-order valence-corrected chi connectivity index (χ0v) is 13.4. The molecule has 0 aliphatic carbocycles. The molecule has 1 heterocycles. The molecule has 0 saturated carbocycles. The van der Waals surface area contributed by atoms with Gasteiger partial charge in [-0.1, -0.05) is 30.7 Å². The quantitative estimate of drug-likeness (QED) is 0.756. The number of nitrogens with one attached hydrogen (secondary N) is 3. The zero-order chi connectivity index (χ0) is 16.7. The highest BCUT2D eigenvalue weighted by Crippen LogP contribution is 2.20. The molecule has 1 aromatic heterocycles. The van der Waals surface area contributed by atoms with Gasteiger partial charge in [-0.3, -0.25) is 4.79 Å². The topological polar surface area (TPSA) is 88.1 Å². The summed E-state index contributed by atoms with van der Waals surface area (Å²) in [4.78, 5) is 23.1. The van der Waals surface area contributed by atoms with Crippen molar-refractivity contribution in [2.24, 2.45) is 0 Å². The van der Waals surface area contributed by atoms with E-state index < -0.39 is 6.03 Å². The first kappa shape index (κ1) is 16.8. The number of halogens is 1. The number of urea groups is 1. The molecule has 0 unspecified atom stereocenters. The molecule has 0 aliphatic rings. The van der Waals surface area contributed by atoms with Crippen molar-refractivity contribution >= 4 is 29.2 Å². The number of hydrogen-bond donors (Lipinski definition) is 3. The fourth-order valence-electron chi connectivity index (χ4n) is 1.82. The summed E-state index contributed by atoms with van der Waals surface area (Å²) < 4.78 is 1.56. The van der Waals surface area contributed by atoms with Crippen molar-refractivity contribution in [2.45, 2.75) is 13.3 Å². The van der Waals surface area contributed by atoms with Crippen LogP contribution >= 0.6 is 11.6 Å². The van der Waals surface area contributed by atoms with Gasteiger partial charge in [-0.25, -0.2) is 9.48 Å². The third-order valence-corrected chi connectivity index (χ3v) is 3.24. The Balaban J connectivity index is 1.88. The van der Waals surface area contributed by atoms with E-state index in [0.29, 0.717) is 22.9 Å². The molecule has 1 aromatic carbocycles. The molecule has 122 valence electrons. The summed E-state index contributed by atoms with van der Waals surface area (Å²) in [7, 11) is 0. The summed E-state index contributed by atoms with van der Waals surface area (Å²) in [5.41, 5.74) is 1.21. The molecule has 0 fully saturated rings. The van der Waals surface area contributed by atoms with Crippen LogP contribution in [0.2, 0.25) is 5.02 Å². The van der Waals surface area contributed by atoms with Gasteiger partial charge in [0.05, 0.1) is 35.3 Å². The highest BCUT2D eigenvalue weighted by Gasteiger charge is 2.08. The van der Waals surface area contributed by atoms with E-state index in [1.807, 2.05) is 25.1 Å². The summed E-state index contributed by atoms with van der Waals surface area (Å²) in [5, 5.41) is 12.5. The van der Waals surface area contributed by atoms with Gasteiger partial charge < -0.3 is 16.0 Å². The van der Waals surface area contributed by atoms with E-state index in [2.05, 4.69) is 21.0 Å². The van der Waals surface area contributed by atoms with Gasteiger partial charge in [0.2, 0.25) is 5.91 Å². The average Bonchev–Trinajstić information content (AvgIpc) is 2.99. The number of hydrogen-bond acceptors (Lipinski definition) is 3. The van der Waals surface area contributed by atoms with Gasteiger partial charge in [0.1, 0.15) is 0 Å². The molecule has 2 aromatic rings.